The van der Waals surface area contributed by atoms with E-state index in [1.807, 2.05) is 42.5 Å². The number of carbonyl (C=O) groups is 2. The number of carboxylic acid groups (broad SMARTS) is 2. The van der Waals surface area contributed by atoms with Crippen LogP contribution in [0.1, 0.15) is 36.6 Å². The van der Waals surface area contributed by atoms with Crippen LogP contribution in [-0.2, 0) is 26.7 Å². The number of fused-ring (bicyclic) bond motifs is 8. The van der Waals surface area contributed by atoms with Gasteiger partial charge in [0.2, 0.25) is 0 Å². The molecule has 2 aliphatic heterocycles. The molecule has 3 aromatic rings. The summed E-state index contributed by atoms with van der Waals surface area (Å²) in [5.74, 6) is -2.17. The quantitative estimate of drug-likeness (QED) is 0.324. The predicted octanol–water partition coefficient (Wildman–Crippen LogP) is 2.17. The third-order valence-electron chi connectivity index (χ3n) is 4.04. The molecule has 8 bridgehead atoms. The van der Waals surface area contributed by atoms with E-state index in [0.29, 0.717) is 0 Å². The first-order valence-corrected chi connectivity index (χ1v) is 9.66. The minimum Gasteiger partial charge on any atom is -0.550 e. The molecule has 1 radical (unpaired) electrons. The van der Waals surface area contributed by atoms with Crippen molar-refractivity contribution in [1.29, 1.82) is 0 Å². The fraction of sp³-hybridized carbons (Fsp3) is 0.0833. The first kappa shape index (κ1) is 25.3. The standard InChI is InChI=1S/C20H14N4.2C2H4O2.Mn/c1-2-14-10-16-5-6-18(23-16)12-20-8-7-19(24-20)11-17-4-3-15(22-17)9-13(1)21-14;2*1-2(3)4;/h1-12,21-22H;2*1H3,(H,3,4);/q;;;+2/p-2. The van der Waals surface area contributed by atoms with Crippen LogP contribution in [0.25, 0.3) is 46.4 Å². The topological polar surface area (TPSA) is 138 Å². The molecule has 0 spiro atoms. The monoisotopic (exact) mass is 483 g/mol. The van der Waals surface area contributed by atoms with Gasteiger partial charge in [-0.3, -0.25) is 0 Å². The van der Waals surface area contributed by atoms with Gasteiger partial charge in [-0.05, 0) is 86.7 Å². The summed E-state index contributed by atoms with van der Waals surface area (Å²) >= 11 is 0. The molecule has 0 amide bonds. The second-order valence-corrected chi connectivity index (χ2v) is 6.89. The molecule has 5 heterocycles. The Labute approximate surface area is 200 Å². The van der Waals surface area contributed by atoms with Gasteiger partial charge in [0.05, 0.1) is 22.8 Å². The number of aromatic nitrogens is 4. The number of aromatic amines is 2. The molecule has 167 valence electrons. The first-order chi connectivity index (χ1) is 15.3. The van der Waals surface area contributed by atoms with E-state index in [1.54, 1.807) is 0 Å². The largest absolute Gasteiger partial charge is 2.00 e. The Morgan fingerprint density at radius 3 is 1.21 bits per heavy atom. The van der Waals surface area contributed by atoms with Crippen molar-refractivity contribution in [3.05, 3.63) is 71.3 Å². The van der Waals surface area contributed by atoms with Gasteiger partial charge >= 0.3 is 17.1 Å². The number of carbonyl (C=O) groups excluding carboxylic acids is 2. The van der Waals surface area contributed by atoms with E-state index >= 15 is 0 Å². The summed E-state index contributed by atoms with van der Waals surface area (Å²) in [6, 6.07) is 16.4. The Morgan fingerprint density at radius 2 is 0.879 bits per heavy atom. The van der Waals surface area contributed by atoms with Gasteiger partial charge < -0.3 is 29.8 Å². The fourth-order valence-corrected chi connectivity index (χ4v) is 2.94. The number of H-pyrrole nitrogens is 2. The van der Waals surface area contributed by atoms with Crippen LogP contribution in [-0.4, -0.2) is 31.9 Å². The van der Waals surface area contributed by atoms with Crippen LogP contribution in [0.15, 0.2) is 48.5 Å². The summed E-state index contributed by atoms with van der Waals surface area (Å²) < 4.78 is 0. The van der Waals surface area contributed by atoms with Crippen LogP contribution in [0.2, 0.25) is 0 Å². The molecular weight excluding hydrogens is 463 g/mol. The second-order valence-electron chi connectivity index (χ2n) is 6.89. The molecule has 2 aliphatic rings. The average molecular weight is 483 g/mol. The summed E-state index contributed by atoms with van der Waals surface area (Å²) in [5, 5.41) is 17.8. The van der Waals surface area contributed by atoms with Crippen LogP contribution in [0.4, 0.5) is 0 Å². The minimum atomic E-state index is -1.08. The van der Waals surface area contributed by atoms with Crippen molar-refractivity contribution in [2.45, 2.75) is 13.8 Å². The molecule has 2 N–H and O–H groups in total. The van der Waals surface area contributed by atoms with Gasteiger partial charge in [-0.15, -0.1) is 0 Å². The number of rotatable bonds is 0. The van der Waals surface area contributed by atoms with E-state index in [9.17, 15) is 0 Å². The molecular formula is C24H20MnN4O4. The first-order valence-electron chi connectivity index (χ1n) is 9.66. The maximum Gasteiger partial charge on any atom is 2.00 e. The van der Waals surface area contributed by atoms with Gasteiger partial charge in [0, 0.05) is 34.0 Å². The summed E-state index contributed by atoms with van der Waals surface area (Å²) in [6.07, 6.45) is 8.05. The number of hydrogen-bond acceptors (Lipinski definition) is 6. The number of nitrogens with zero attached hydrogens (tertiary/aromatic N) is 2. The van der Waals surface area contributed by atoms with Gasteiger partial charge in [0.15, 0.2) is 0 Å². The SMILES string of the molecule is C1=Cc2cc3ccc(cc4ccc(cc5nc(cc1n2)C=C5)[nH]4)[nH]3.CC(=O)[O-].CC(=O)[O-].[Mn+2]. The Morgan fingerprint density at radius 1 is 0.606 bits per heavy atom. The predicted molar refractivity (Wildman–Crippen MR) is 120 cm³/mol. The Hall–Kier alpha value is -3.94. The van der Waals surface area contributed by atoms with Crippen LogP contribution >= 0.6 is 0 Å². The van der Waals surface area contributed by atoms with E-state index in [1.165, 1.54) is 0 Å². The number of carboxylic acids is 2. The van der Waals surface area contributed by atoms with Gasteiger partial charge in [0.25, 0.3) is 0 Å². The molecule has 33 heavy (non-hydrogen) atoms. The number of nitrogens with one attached hydrogen (secondary N) is 2. The molecule has 0 aromatic carbocycles. The molecule has 8 nitrogen and oxygen atoms in total. The molecule has 0 saturated carbocycles. The summed E-state index contributed by atoms with van der Waals surface area (Å²) in [7, 11) is 0. The maximum atomic E-state index is 8.89. The summed E-state index contributed by atoms with van der Waals surface area (Å²) in [6.45, 7) is 1.94. The van der Waals surface area contributed by atoms with Gasteiger partial charge in [-0.1, -0.05) is 0 Å². The van der Waals surface area contributed by atoms with E-state index in [0.717, 1.165) is 58.7 Å². The molecule has 3 aromatic heterocycles. The number of hydrogen-bond donors (Lipinski definition) is 2. The van der Waals surface area contributed by atoms with E-state index in [2.05, 4.69) is 50.3 Å². The van der Waals surface area contributed by atoms with Crippen molar-refractivity contribution in [1.82, 2.24) is 19.9 Å². The van der Waals surface area contributed by atoms with Crippen molar-refractivity contribution in [2.75, 3.05) is 0 Å². The van der Waals surface area contributed by atoms with Crippen LogP contribution in [0.5, 0.6) is 0 Å². The van der Waals surface area contributed by atoms with Crippen LogP contribution in [0, 0.1) is 0 Å². The van der Waals surface area contributed by atoms with E-state index in [4.69, 9.17) is 19.8 Å². The zero-order valence-corrected chi connectivity index (χ0v) is 19.0. The molecule has 9 heteroatoms. The van der Waals surface area contributed by atoms with Gasteiger partial charge in [-0.25, -0.2) is 9.97 Å². The van der Waals surface area contributed by atoms with E-state index < -0.39 is 11.9 Å². The maximum absolute atomic E-state index is 8.89. The number of aliphatic carboxylic acids is 2. The summed E-state index contributed by atoms with van der Waals surface area (Å²) in [4.78, 5) is 33.8. The molecule has 0 aliphatic carbocycles. The van der Waals surface area contributed by atoms with Crippen molar-refractivity contribution in [3.63, 3.8) is 0 Å². The minimum absolute atomic E-state index is 0. The molecule has 0 unspecified atom stereocenters. The van der Waals surface area contributed by atoms with Crippen LogP contribution in [0.3, 0.4) is 0 Å². The zero-order valence-electron chi connectivity index (χ0n) is 17.8. The van der Waals surface area contributed by atoms with Gasteiger partial charge in [0.1, 0.15) is 0 Å². The molecule has 0 saturated heterocycles. The Balaban J connectivity index is 0.000000376. The molecule has 0 atom stereocenters. The van der Waals surface area contributed by atoms with Crippen molar-refractivity contribution < 1.29 is 36.9 Å². The summed E-state index contributed by atoms with van der Waals surface area (Å²) in [5.41, 5.74) is 7.86. The van der Waals surface area contributed by atoms with E-state index in [-0.39, 0.29) is 17.1 Å². The smallest absolute Gasteiger partial charge is 0.550 e. The normalized spacial score (nSPS) is 10.7. The van der Waals surface area contributed by atoms with Crippen molar-refractivity contribution in [2.24, 2.45) is 0 Å². The zero-order chi connectivity index (χ0) is 23.1. The van der Waals surface area contributed by atoms with Crippen molar-refractivity contribution >= 4 is 58.3 Å². The third-order valence-corrected chi connectivity index (χ3v) is 4.04. The van der Waals surface area contributed by atoms with Crippen molar-refractivity contribution in [3.8, 4) is 0 Å². The fourth-order valence-electron chi connectivity index (χ4n) is 2.94. The Kier molecular flexibility index (Phi) is 8.91. The Bertz CT molecular complexity index is 1260. The second kappa shape index (κ2) is 11.6. The molecule has 5 rings (SSSR count). The molecule has 0 fully saturated rings. The van der Waals surface area contributed by atoms with Gasteiger partial charge in [-0.2, -0.15) is 0 Å². The van der Waals surface area contributed by atoms with Crippen LogP contribution < -0.4 is 10.2 Å². The third kappa shape index (κ3) is 8.25. The average Bonchev–Trinajstić information content (AvgIpc) is 3.46.